The monoisotopic (exact) mass is 461 g/mol. The van der Waals surface area contributed by atoms with Gasteiger partial charge in [-0.05, 0) is 66.3 Å². The Hall–Kier alpha value is -2.55. The average molecular weight is 462 g/mol. The van der Waals surface area contributed by atoms with E-state index in [4.69, 9.17) is 0 Å². The van der Waals surface area contributed by atoms with Gasteiger partial charge in [0.2, 0.25) is 0 Å². The molecule has 0 unspecified atom stereocenters. The summed E-state index contributed by atoms with van der Waals surface area (Å²) in [5.41, 5.74) is 2.99. The summed E-state index contributed by atoms with van der Waals surface area (Å²) in [4.78, 5) is 4.35. The van der Waals surface area contributed by atoms with Crippen LogP contribution in [-0.2, 0) is 9.84 Å². The third-order valence-corrected chi connectivity index (χ3v) is 7.66. The molecule has 0 spiro atoms. The number of benzene rings is 1. The SMILES string of the molecule is CCCC1=C([C@H](O)CC/C(=C/c2ccc(O)c(F)c2)c2ccccn2)[C@H](CO)S(=O)(=O)C1. The standard InChI is InChI=1S/C24H28FNO5S/c1-2-5-18-15-32(30,31)23(14-27)24(18)22(29)10-8-17(20-6-3-4-11-26-20)12-16-7-9-21(28)19(25)13-16/h3-4,6-7,9,11-13,22-23,27-29H,2,5,8,10,14-15H2,1H3/b17-12-/t22-,23+/m1/s1. The van der Waals surface area contributed by atoms with Gasteiger partial charge < -0.3 is 15.3 Å². The number of pyridine rings is 1. The van der Waals surface area contributed by atoms with Crippen molar-refractivity contribution in [3.8, 4) is 5.75 Å². The van der Waals surface area contributed by atoms with Crippen molar-refractivity contribution < 1.29 is 28.1 Å². The number of halogens is 1. The zero-order valence-electron chi connectivity index (χ0n) is 17.9. The second-order valence-corrected chi connectivity index (χ2v) is 10.1. The Morgan fingerprint density at radius 2 is 2.09 bits per heavy atom. The number of aromatic nitrogens is 1. The molecule has 2 atom stereocenters. The van der Waals surface area contributed by atoms with Crippen LogP contribution < -0.4 is 0 Å². The van der Waals surface area contributed by atoms with Crippen LogP contribution in [0.1, 0.15) is 43.9 Å². The number of hydrogen-bond acceptors (Lipinski definition) is 6. The van der Waals surface area contributed by atoms with Gasteiger partial charge in [-0.3, -0.25) is 4.98 Å². The van der Waals surface area contributed by atoms with Crippen molar-refractivity contribution in [2.75, 3.05) is 12.4 Å². The van der Waals surface area contributed by atoms with E-state index in [2.05, 4.69) is 4.98 Å². The topological polar surface area (TPSA) is 108 Å². The molecule has 0 saturated heterocycles. The van der Waals surface area contributed by atoms with Crippen LogP contribution >= 0.6 is 0 Å². The Morgan fingerprint density at radius 1 is 1.31 bits per heavy atom. The smallest absolute Gasteiger partial charge is 0.165 e. The van der Waals surface area contributed by atoms with E-state index in [9.17, 15) is 28.1 Å². The molecule has 0 radical (unpaired) electrons. The molecule has 0 aliphatic carbocycles. The fraction of sp³-hybridized carbons (Fsp3) is 0.375. The molecule has 3 N–H and O–H groups in total. The van der Waals surface area contributed by atoms with Gasteiger partial charge in [0.15, 0.2) is 21.4 Å². The minimum atomic E-state index is -3.53. The van der Waals surface area contributed by atoms with E-state index in [1.807, 2.05) is 13.0 Å². The van der Waals surface area contributed by atoms with Crippen molar-refractivity contribution in [1.29, 1.82) is 0 Å². The van der Waals surface area contributed by atoms with Gasteiger partial charge in [0.25, 0.3) is 0 Å². The van der Waals surface area contributed by atoms with Crippen LogP contribution in [0.4, 0.5) is 4.39 Å². The lowest BCUT2D eigenvalue weighted by Crippen LogP contribution is -2.29. The first kappa shape index (κ1) is 24.1. The maximum absolute atomic E-state index is 13.8. The summed E-state index contributed by atoms with van der Waals surface area (Å²) < 4.78 is 38.7. The van der Waals surface area contributed by atoms with Crippen molar-refractivity contribution in [2.24, 2.45) is 0 Å². The molecule has 1 aliphatic rings. The lowest BCUT2D eigenvalue weighted by atomic mass is 9.92. The van der Waals surface area contributed by atoms with Gasteiger partial charge in [-0.25, -0.2) is 12.8 Å². The molecule has 6 nitrogen and oxygen atoms in total. The molecule has 1 aromatic heterocycles. The number of nitrogens with zero attached hydrogens (tertiary/aromatic N) is 1. The Bertz CT molecular complexity index is 1110. The van der Waals surface area contributed by atoms with Crippen molar-refractivity contribution >= 4 is 21.5 Å². The van der Waals surface area contributed by atoms with Gasteiger partial charge in [-0.15, -0.1) is 0 Å². The lowest BCUT2D eigenvalue weighted by molar-refractivity contribution is 0.190. The van der Waals surface area contributed by atoms with Gasteiger partial charge in [-0.2, -0.15) is 0 Å². The number of sulfone groups is 1. The Balaban J connectivity index is 1.89. The maximum atomic E-state index is 13.8. The molecule has 1 aliphatic heterocycles. The maximum Gasteiger partial charge on any atom is 0.165 e. The van der Waals surface area contributed by atoms with E-state index < -0.39 is 39.4 Å². The predicted octanol–water partition coefficient (Wildman–Crippen LogP) is 3.49. The largest absolute Gasteiger partial charge is 0.505 e. The van der Waals surface area contributed by atoms with E-state index in [-0.39, 0.29) is 12.2 Å². The summed E-state index contributed by atoms with van der Waals surface area (Å²) in [5, 5.41) is 29.0. The van der Waals surface area contributed by atoms with Crippen LogP contribution in [0.25, 0.3) is 11.6 Å². The molecule has 3 rings (SSSR count). The molecule has 172 valence electrons. The molecule has 8 heteroatoms. The second-order valence-electron chi connectivity index (χ2n) is 7.94. The molecule has 2 aromatic rings. The van der Waals surface area contributed by atoms with Crippen LogP contribution in [0.3, 0.4) is 0 Å². The minimum absolute atomic E-state index is 0.131. The minimum Gasteiger partial charge on any atom is -0.505 e. The molecule has 0 amide bonds. The number of aliphatic hydroxyl groups excluding tert-OH is 2. The summed E-state index contributed by atoms with van der Waals surface area (Å²) in [6, 6.07) is 9.44. The first-order valence-electron chi connectivity index (χ1n) is 10.6. The highest BCUT2D eigenvalue weighted by Crippen LogP contribution is 2.35. The molecule has 2 heterocycles. The van der Waals surface area contributed by atoms with Crippen molar-refractivity contribution in [1.82, 2.24) is 4.98 Å². The van der Waals surface area contributed by atoms with Gasteiger partial charge in [0.05, 0.1) is 24.2 Å². The Morgan fingerprint density at radius 3 is 2.72 bits per heavy atom. The van der Waals surface area contributed by atoms with Crippen LogP contribution in [0.2, 0.25) is 0 Å². The van der Waals surface area contributed by atoms with Crippen molar-refractivity contribution in [3.63, 3.8) is 0 Å². The van der Waals surface area contributed by atoms with E-state index in [0.717, 1.165) is 12.0 Å². The number of hydrogen-bond donors (Lipinski definition) is 3. The molecule has 0 fully saturated rings. The van der Waals surface area contributed by atoms with Crippen LogP contribution in [0.5, 0.6) is 5.75 Å². The number of aromatic hydroxyl groups is 1. The third-order valence-electron chi connectivity index (χ3n) is 5.63. The first-order chi connectivity index (χ1) is 15.3. The van der Waals surface area contributed by atoms with E-state index >= 15 is 0 Å². The highest BCUT2D eigenvalue weighted by Gasteiger charge is 2.40. The normalized spacial score (nSPS) is 19.4. The Labute approximate surface area is 187 Å². The van der Waals surface area contributed by atoms with Crippen molar-refractivity contribution in [3.05, 3.63) is 70.8 Å². The summed E-state index contributed by atoms with van der Waals surface area (Å²) in [5.74, 6) is -1.31. The molecule has 0 bridgehead atoms. The molecule has 1 aromatic carbocycles. The zero-order chi connectivity index (χ0) is 23.3. The average Bonchev–Trinajstić information content (AvgIpc) is 3.03. The summed E-state index contributed by atoms with van der Waals surface area (Å²) >= 11 is 0. The Kier molecular flexibility index (Phi) is 7.82. The van der Waals surface area contributed by atoms with Gasteiger partial charge in [0, 0.05) is 6.20 Å². The summed E-state index contributed by atoms with van der Waals surface area (Å²) in [7, 11) is -3.53. The number of phenolic OH excluding ortho intramolecular Hbond substituents is 1. The van der Waals surface area contributed by atoms with Crippen molar-refractivity contribution in [2.45, 2.75) is 44.0 Å². The molecule has 0 saturated carbocycles. The molecular formula is C24H28FNO5S. The number of allylic oxidation sites excluding steroid dienone is 1. The van der Waals surface area contributed by atoms with Gasteiger partial charge in [0.1, 0.15) is 5.25 Å². The number of rotatable bonds is 9. The van der Waals surface area contributed by atoms with Crippen LogP contribution in [-0.4, -0.2) is 52.4 Å². The second kappa shape index (κ2) is 10.4. The van der Waals surface area contributed by atoms with E-state index in [1.165, 1.54) is 12.1 Å². The molecule has 32 heavy (non-hydrogen) atoms. The van der Waals surface area contributed by atoms with Crippen LogP contribution in [0, 0.1) is 5.82 Å². The summed E-state index contributed by atoms with van der Waals surface area (Å²) in [6.07, 6.45) is 4.19. The number of phenols is 1. The fourth-order valence-electron chi connectivity index (χ4n) is 4.12. The lowest BCUT2D eigenvalue weighted by Gasteiger charge is -2.20. The fourth-order valence-corrected chi connectivity index (χ4v) is 6.05. The summed E-state index contributed by atoms with van der Waals surface area (Å²) in [6.45, 7) is 1.38. The van der Waals surface area contributed by atoms with E-state index in [0.29, 0.717) is 35.2 Å². The predicted molar refractivity (Wildman–Crippen MR) is 122 cm³/mol. The third kappa shape index (κ3) is 5.43. The quantitative estimate of drug-likeness (QED) is 0.494. The number of aliphatic hydroxyl groups is 2. The van der Waals surface area contributed by atoms with Gasteiger partial charge in [-0.1, -0.05) is 31.1 Å². The highest BCUT2D eigenvalue weighted by molar-refractivity contribution is 7.92. The van der Waals surface area contributed by atoms with Crippen LogP contribution in [0.15, 0.2) is 53.7 Å². The van der Waals surface area contributed by atoms with Gasteiger partial charge >= 0.3 is 0 Å². The molecular weight excluding hydrogens is 433 g/mol. The van der Waals surface area contributed by atoms with E-state index in [1.54, 1.807) is 30.5 Å². The zero-order valence-corrected chi connectivity index (χ0v) is 18.7. The first-order valence-corrected chi connectivity index (χ1v) is 12.3. The highest BCUT2D eigenvalue weighted by atomic mass is 32.2.